The fraction of sp³-hybridized carbons (Fsp3) is 0.556. The van der Waals surface area contributed by atoms with E-state index in [1.54, 1.807) is 12.4 Å². The second-order valence-electron chi connectivity index (χ2n) is 7.02. The van der Waals surface area contributed by atoms with Gasteiger partial charge in [0.25, 0.3) is 0 Å². The molecule has 7 nitrogen and oxygen atoms in total. The van der Waals surface area contributed by atoms with Crippen molar-refractivity contribution in [1.82, 2.24) is 25.3 Å². The molecule has 4 rings (SSSR count). The lowest BCUT2D eigenvalue weighted by atomic mass is 9.98. The number of hydrogen-bond acceptors (Lipinski definition) is 6. The molecule has 2 aliphatic rings. The highest BCUT2D eigenvalue weighted by Gasteiger charge is 2.36. The van der Waals surface area contributed by atoms with Crippen molar-refractivity contribution in [2.75, 3.05) is 7.05 Å². The molecule has 4 heterocycles. The zero-order valence-corrected chi connectivity index (χ0v) is 14.4. The van der Waals surface area contributed by atoms with Crippen molar-refractivity contribution < 1.29 is 9.32 Å². The first-order valence-electron chi connectivity index (χ1n) is 8.94. The Kier molecular flexibility index (Phi) is 4.48. The zero-order valence-electron chi connectivity index (χ0n) is 14.4. The van der Waals surface area contributed by atoms with E-state index in [1.165, 1.54) is 12.8 Å². The first-order chi connectivity index (χ1) is 12.2. The van der Waals surface area contributed by atoms with Crippen LogP contribution in [0.5, 0.6) is 0 Å². The Balaban J connectivity index is 1.32. The smallest absolute Gasteiger partial charge is 0.227 e. The summed E-state index contributed by atoms with van der Waals surface area (Å²) in [6.07, 6.45) is 8.85. The highest BCUT2D eigenvalue weighted by atomic mass is 16.5. The van der Waals surface area contributed by atoms with Gasteiger partial charge in [0.1, 0.15) is 0 Å². The van der Waals surface area contributed by atoms with Crippen molar-refractivity contribution in [3.8, 4) is 11.4 Å². The summed E-state index contributed by atoms with van der Waals surface area (Å²) in [7, 11) is 1.92. The van der Waals surface area contributed by atoms with Gasteiger partial charge in [-0.3, -0.25) is 9.78 Å². The van der Waals surface area contributed by atoms with Gasteiger partial charge in [0.2, 0.25) is 17.6 Å². The van der Waals surface area contributed by atoms with E-state index in [0.717, 1.165) is 18.4 Å². The summed E-state index contributed by atoms with van der Waals surface area (Å²) < 4.78 is 5.28. The number of rotatable bonds is 5. The van der Waals surface area contributed by atoms with Crippen molar-refractivity contribution in [3.05, 3.63) is 30.4 Å². The Morgan fingerprint density at radius 3 is 2.72 bits per heavy atom. The SMILES string of the molecule is CN(C(=O)CCc1nc(-c2ccncc2)no1)C1CC2CCC(C1)N2. The maximum Gasteiger partial charge on any atom is 0.227 e. The maximum atomic E-state index is 12.5. The van der Waals surface area contributed by atoms with Crippen LogP contribution < -0.4 is 5.32 Å². The molecule has 2 bridgehead atoms. The molecule has 132 valence electrons. The number of piperidine rings is 1. The summed E-state index contributed by atoms with van der Waals surface area (Å²) in [6, 6.07) is 5.18. The van der Waals surface area contributed by atoms with E-state index in [-0.39, 0.29) is 5.91 Å². The summed E-state index contributed by atoms with van der Waals surface area (Å²) in [5.41, 5.74) is 0.860. The number of hydrogen-bond donors (Lipinski definition) is 1. The fourth-order valence-electron chi connectivity index (χ4n) is 3.91. The topological polar surface area (TPSA) is 84.2 Å². The van der Waals surface area contributed by atoms with Crippen LogP contribution in [0, 0.1) is 0 Å². The molecule has 2 aliphatic heterocycles. The highest BCUT2D eigenvalue weighted by Crippen LogP contribution is 2.29. The van der Waals surface area contributed by atoms with E-state index >= 15 is 0 Å². The molecule has 2 aromatic rings. The lowest BCUT2D eigenvalue weighted by Crippen LogP contribution is -2.48. The Bertz CT molecular complexity index is 720. The van der Waals surface area contributed by atoms with Crippen LogP contribution in [-0.2, 0) is 11.2 Å². The molecule has 0 aromatic carbocycles. The number of aromatic nitrogens is 3. The van der Waals surface area contributed by atoms with E-state index in [4.69, 9.17) is 4.52 Å². The number of nitrogens with one attached hydrogen (secondary N) is 1. The van der Waals surface area contributed by atoms with Crippen molar-refractivity contribution in [2.45, 2.75) is 56.7 Å². The number of carbonyl (C=O) groups excluding carboxylic acids is 1. The summed E-state index contributed by atoms with van der Waals surface area (Å²) in [5.74, 6) is 1.18. The second kappa shape index (κ2) is 6.92. The van der Waals surface area contributed by atoms with Crippen LogP contribution in [0.15, 0.2) is 29.0 Å². The van der Waals surface area contributed by atoms with Gasteiger partial charge in [0.05, 0.1) is 0 Å². The average Bonchev–Trinajstić information content (AvgIpc) is 3.26. The molecule has 1 N–H and O–H groups in total. The van der Waals surface area contributed by atoms with Crippen LogP contribution in [0.3, 0.4) is 0 Å². The predicted octanol–water partition coefficient (Wildman–Crippen LogP) is 1.81. The molecule has 1 amide bonds. The minimum atomic E-state index is 0.148. The number of pyridine rings is 1. The van der Waals surface area contributed by atoms with Gasteiger partial charge in [-0.2, -0.15) is 4.98 Å². The summed E-state index contributed by atoms with van der Waals surface area (Å²) in [5, 5.41) is 7.59. The number of nitrogens with zero attached hydrogens (tertiary/aromatic N) is 4. The summed E-state index contributed by atoms with van der Waals surface area (Å²) in [4.78, 5) is 22.8. The summed E-state index contributed by atoms with van der Waals surface area (Å²) in [6.45, 7) is 0. The van der Waals surface area contributed by atoms with Crippen LogP contribution in [0.4, 0.5) is 0 Å². The quantitative estimate of drug-likeness (QED) is 0.893. The molecule has 2 atom stereocenters. The average molecular weight is 341 g/mol. The van der Waals surface area contributed by atoms with Gasteiger partial charge >= 0.3 is 0 Å². The van der Waals surface area contributed by atoms with Crippen molar-refractivity contribution in [1.29, 1.82) is 0 Å². The van der Waals surface area contributed by atoms with Crippen molar-refractivity contribution >= 4 is 5.91 Å². The predicted molar refractivity (Wildman–Crippen MR) is 91.6 cm³/mol. The van der Waals surface area contributed by atoms with Crippen LogP contribution in [0.1, 0.15) is 38.0 Å². The van der Waals surface area contributed by atoms with E-state index < -0.39 is 0 Å². The Labute approximate surface area is 146 Å². The lowest BCUT2D eigenvalue weighted by Gasteiger charge is -2.35. The van der Waals surface area contributed by atoms with Crippen LogP contribution >= 0.6 is 0 Å². The first-order valence-corrected chi connectivity index (χ1v) is 8.94. The normalized spacial score (nSPS) is 25.1. The van der Waals surface area contributed by atoms with Gasteiger partial charge in [-0.15, -0.1) is 0 Å². The Morgan fingerprint density at radius 2 is 2.00 bits per heavy atom. The van der Waals surface area contributed by atoms with E-state index in [1.807, 2.05) is 24.1 Å². The number of fused-ring (bicyclic) bond motifs is 2. The van der Waals surface area contributed by atoms with Crippen molar-refractivity contribution in [3.63, 3.8) is 0 Å². The molecule has 0 saturated carbocycles. The highest BCUT2D eigenvalue weighted by molar-refractivity contribution is 5.76. The van der Waals surface area contributed by atoms with Crippen LogP contribution in [0.25, 0.3) is 11.4 Å². The van der Waals surface area contributed by atoms with Crippen LogP contribution in [0.2, 0.25) is 0 Å². The van der Waals surface area contributed by atoms with Gasteiger partial charge in [0, 0.05) is 56.0 Å². The molecule has 2 fully saturated rings. The molecular formula is C18H23N5O2. The molecule has 25 heavy (non-hydrogen) atoms. The molecule has 7 heteroatoms. The minimum Gasteiger partial charge on any atom is -0.343 e. The Hall–Kier alpha value is -2.28. The van der Waals surface area contributed by atoms with Gasteiger partial charge < -0.3 is 14.7 Å². The third kappa shape index (κ3) is 3.56. The first kappa shape index (κ1) is 16.2. The molecule has 0 aliphatic carbocycles. The third-order valence-electron chi connectivity index (χ3n) is 5.35. The third-order valence-corrected chi connectivity index (χ3v) is 5.35. The molecule has 0 radical (unpaired) electrons. The molecular weight excluding hydrogens is 318 g/mol. The fourth-order valence-corrected chi connectivity index (χ4v) is 3.91. The minimum absolute atomic E-state index is 0.148. The molecule has 2 aromatic heterocycles. The second-order valence-corrected chi connectivity index (χ2v) is 7.02. The van der Waals surface area contributed by atoms with E-state index in [0.29, 0.717) is 42.7 Å². The summed E-state index contributed by atoms with van der Waals surface area (Å²) >= 11 is 0. The zero-order chi connectivity index (χ0) is 17.2. The number of carbonyl (C=O) groups is 1. The van der Waals surface area contributed by atoms with Gasteiger partial charge in [-0.1, -0.05) is 5.16 Å². The number of amides is 1. The molecule has 2 saturated heterocycles. The maximum absolute atomic E-state index is 12.5. The standard InChI is InChI=1S/C18H23N5O2/c1-23(15-10-13-2-3-14(11-15)20-13)17(24)5-4-16-21-18(22-25-16)12-6-8-19-9-7-12/h6-9,13-15,20H,2-5,10-11H2,1H3. The van der Waals surface area contributed by atoms with Crippen molar-refractivity contribution in [2.24, 2.45) is 0 Å². The molecule has 0 spiro atoms. The lowest BCUT2D eigenvalue weighted by molar-refractivity contribution is -0.132. The van der Waals surface area contributed by atoms with E-state index in [9.17, 15) is 4.79 Å². The van der Waals surface area contributed by atoms with Crippen LogP contribution in [-0.4, -0.2) is 51.1 Å². The van der Waals surface area contributed by atoms with Gasteiger partial charge in [-0.25, -0.2) is 0 Å². The van der Waals surface area contributed by atoms with E-state index in [2.05, 4.69) is 20.4 Å². The molecule has 2 unspecified atom stereocenters. The number of aryl methyl sites for hydroxylation is 1. The largest absolute Gasteiger partial charge is 0.343 e. The Morgan fingerprint density at radius 1 is 1.28 bits per heavy atom. The van der Waals surface area contributed by atoms with Gasteiger partial charge in [-0.05, 0) is 37.8 Å². The monoisotopic (exact) mass is 341 g/mol. The van der Waals surface area contributed by atoms with Gasteiger partial charge in [0.15, 0.2) is 0 Å².